The number of carbonyl (C=O) groups excluding carboxylic acids is 4. The zero-order chi connectivity index (χ0) is 38.2. The summed E-state index contributed by atoms with van der Waals surface area (Å²) in [6, 6.07) is 14.1. The summed E-state index contributed by atoms with van der Waals surface area (Å²) in [5.41, 5.74) is 5.65. The van der Waals surface area contributed by atoms with Crippen molar-refractivity contribution in [3.8, 4) is 33.6 Å². The highest BCUT2D eigenvalue weighted by molar-refractivity contribution is 5.87. The molecule has 0 bridgehead atoms. The molecule has 0 spiro atoms. The molecule has 286 valence electrons. The van der Waals surface area contributed by atoms with Crippen molar-refractivity contribution in [2.24, 2.45) is 0 Å². The molecule has 2 aromatic heterocycles. The highest BCUT2D eigenvalue weighted by Gasteiger charge is 2.38. The molecule has 4 aromatic rings. The Hall–Kier alpha value is -5.74. The van der Waals surface area contributed by atoms with Gasteiger partial charge in [0.2, 0.25) is 11.8 Å². The second-order valence-electron chi connectivity index (χ2n) is 13.2. The number of ether oxygens (including phenoxy) is 4. The number of imidazole rings is 2. The molecule has 54 heavy (non-hydrogen) atoms. The van der Waals surface area contributed by atoms with Gasteiger partial charge in [-0.25, -0.2) is 19.6 Å². The van der Waals surface area contributed by atoms with Crippen LogP contribution >= 0.6 is 0 Å². The number of nitrogens with zero attached hydrogens (tertiary/aromatic N) is 4. The van der Waals surface area contributed by atoms with Gasteiger partial charge in [-0.1, -0.05) is 48.5 Å². The Morgan fingerprint density at radius 3 is 1.37 bits per heavy atom. The van der Waals surface area contributed by atoms with Crippen molar-refractivity contribution in [3.05, 3.63) is 72.6 Å². The molecule has 4 heterocycles. The van der Waals surface area contributed by atoms with Crippen molar-refractivity contribution in [3.63, 3.8) is 0 Å². The van der Waals surface area contributed by atoms with E-state index in [4.69, 9.17) is 9.47 Å². The lowest BCUT2D eigenvalue weighted by Crippen LogP contribution is -2.50. The van der Waals surface area contributed by atoms with Crippen molar-refractivity contribution in [2.75, 3.05) is 54.7 Å². The normalized spacial score (nSPS) is 17.9. The van der Waals surface area contributed by atoms with Gasteiger partial charge in [0.25, 0.3) is 0 Å². The maximum absolute atomic E-state index is 13.4. The molecule has 2 aliphatic rings. The smallest absolute Gasteiger partial charge is 0.407 e. The Labute approximate surface area is 312 Å². The summed E-state index contributed by atoms with van der Waals surface area (Å²) in [7, 11) is 5.45. The number of likely N-dealkylation sites (tertiary alicyclic amines) is 2. The van der Waals surface area contributed by atoms with Crippen LogP contribution in [0.3, 0.4) is 0 Å². The number of nitrogens with one attached hydrogen (secondary N) is 4. The predicted molar refractivity (Wildman–Crippen MR) is 197 cm³/mol. The number of carbonyl (C=O) groups is 4. The second-order valence-corrected chi connectivity index (χ2v) is 13.2. The minimum atomic E-state index is -0.866. The third kappa shape index (κ3) is 8.39. The molecule has 4 N–H and O–H groups in total. The van der Waals surface area contributed by atoms with Crippen molar-refractivity contribution in [1.29, 1.82) is 0 Å². The number of hydrogen-bond acceptors (Lipinski definition) is 10. The van der Waals surface area contributed by atoms with Crippen LogP contribution in [-0.4, -0.2) is 121 Å². The number of benzene rings is 2. The summed E-state index contributed by atoms with van der Waals surface area (Å²) in [6.07, 6.45) is 5.28. The van der Waals surface area contributed by atoms with Gasteiger partial charge in [-0.3, -0.25) is 9.59 Å². The van der Waals surface area contributed by atoms with Crippen LogP contribution in [0.1, 0.15) is 49.4 Å². The lowest BCUT2D eigenvalue weighted by Gasteiger charge is -2.27. The highest BCUT2D eigenvalue weighted by Crippen LogP contribution is 2.34. The Balaban J connectivity index is 1.10. The maximum Gasteiger partial charge on any atom is 0.407 e. The van der Waals surface area contributed by atoms with Crippen LogP contribution < -0.4 is 10.6 Å². The van der Waals surface area contributed by atoms with Gasteiger partial charge < -0.3 is 49.3 Å². The first kappa shape index (κ1) is 38.0. The Bertz CT molecular complexity index is 1770. The molecule has 16 nitrogen and oxygen atoms in total. The summed E-state index contributed by atoms with van der Waals surface area (Å²) < 4.78 is 19.7. The number of methoxy groups -OCH3 is 4. The van der Waals surface area contributed by atoms with Crippen LogP contribution in [-0.2, 0) is 28.5 Å². The van der Waals surface area contributed by atoms with Crippen LogP contribution in [0.25, 0.3) is 33.6 Å². The van der Waals surface area contributed by atoms with Crippen LogP contribution in [0.2, 0.25) is 0 Å². The number of aromatic amines is 2. The fraction of sp³-hybridized carbons (Fsp3) is 0.421. The molecule has 4 atom stereocenters. The molecule has 6 rings (SSSR count). The third-order valence-electron chi connectivity index (χ3n) is 9.84. The summed E-state index contributed by atoms with van der Waals surface area (Å²) >= 11 is 0. The van der Waals surface area contributed by atoms with E-state index in [-0.39, 0.29) is 37.1 Å². The quantitative estimate of drug-likeness (QED) is 0.154. The predicted octanol–water partition coefficient (Wildman–Crippen LogP) is 4.20. The minimum absolute atomic E-state index is 0.0264. The lowest BCUT2D eigenvalue weighted by atomic mass is 10.0. The molecule has 2 fully saturated rings. The second kappa shape index (κ2) is 17.4. The fourth-order valence-electron chi connectivity index (χ4n) is 7.10. The average molecular weight is 743 g/mol. The molecule has 0 aliphatic carbocycles. The van der Waals surface area contributed by atoms with Gasteiger partial charge in [0.05, 0.1) is 63.3 Å². The fourth-order valence-corrected chi connectivity index (χ4v) is 7.10. The topological polar surface area (TPSA) is 193 Å². The molecular formula is C38H46N8O8. The Kier molecular flexibility index (Phi) is 12.2. The average Bonchev–Trinajstić information content (AvgIpc) is 4.04. The van der Waals surface area contributed by atoms with Gasteiger partial charge in [-0.2, -0.15) is 0 Å². The molecule has 0 saturated carbocycles. The molecule has 2 aromatic carbocycles. The van der Waals surface area contributed by atoms with E-state index in [1.165, 1.54) is 28.4 Å². The standard InChI is InChI=1S/C38H46N8O8/c1-51-21-29(43-37(49)53-3)35(47)45-17-5-7-31(45)33-39-19-27(41-33)25-13-9-23(10-14-25)24-11-15-26(16-12-24)28-20-40-34(42-28)32-8-6-18-46(32)36(48)30(22-52-2)44-38(50)54-4/h9-16,19-20,29-32H,5-8,17-18,21-22H2,1-4H3,(H,39,41)(H,40,42)(H,43,49)(H,44,50)/t29-,30-,31-,32-/m0/s1. The molecule has 2 saturated heterocycles. The van der Waals surface area contributed by atoms with Crippen LogP contribution in [0, 0.1) is 0 Å². The zero-order valence-electron chi connectivity index (χ0n) is 30.8. The maximum atomic E-state index is 13.4. The molecule has 0 radical (unpaired) electrons. The van der Waals surface area contributed by atoms with E-state index in [2.05, 4.69) is 64.3 Å². The Morgan fingerprint density at radius 2 is 1.02 bits per heavy atom. The largest absolute Gasteiger partial charge is 0.453 e. The van der Waals surface area contributed by atoms with Crippen LogP contribution in [0.5, 0.6) is 0 Å². The number of H-pyrrole nitrogens is 2. The number of hydrogen-bond donors (Lipinski definition) is 4. The molecular weight excluding hydrogens is 696 g/mol. The van der Waals surface area contributed by atoms with Gasteiger partial charge in [-0.15, -0.1) is 0 Å². The van der Waals surface area contributed by atoms with Gasteiger partial charge in [0, 0.05) is 27.3 Å². The third-order valence-corrected chi connectivity index (χ3v) is 9.84. The van der Waals surface area contributed by atoms with E-state index < -0.39 is 24.3 Å². The van der Waals surface area contributed by atoms with Crippen molar-refractivity contribution >= 4 is 24.0 Å². The van der Waals surface area contributed by atoms with E-state index >= 15 is 0 Å². The zero-order valence-corrected chi connectivity index (χ0v) is 30.8. The summed E-state index contributed by atoms with van der Waals surface area (Å²) in [6.45, 7) is 1.15. The molecule has 0 unspecified atom stereocenters. The van der Waals surface area contributed by atoms with Crippen molar-refractivity contribution in [1.82, 2.24) is 40.4 Å². The van der Waals surface area contributed by atoms with E-state index in [0.29, 0.717) is 24.7 Å². The number of rotatable bonds is 13. The van der Waals surface area contributed by atoms with Crippen LogP contribution in [0.4, 0.5) is 9.59 Å². The first-order chi connectivity index (χ1) is 26.2. The summed E-state index contributed by atoms with van der Waals surface area (Å²) in [5.74, 6) is 0.872. The van der Waals surface area contributed by atoms with E-state index in [1.807, 2.05) is 24.3 Å². The van der Waals surface area contributed by atoms with Crippen molar-refractivity contribution in [2.45, 2.75) is 49.9 Å². The summed E-state index contributed by atoms with van der Waals surface area (Å²) in [4.78, 5) is 70.0. The monoisotopic (exact) mass is 742 g/mol. The van der Waals surface area contributed by atoms with Crippen molar-refractivity contribution < 1.29 is 38.1 Å². The number of aromatic nitrogens is 4. The highest BCUT2D eigenvalue weighted by atomic mass is 16.5. The van der Waals surface area contributed by atoms with E-state index in [9.17, 15) is 19.2 Å². The molecule has 16 heteroatoms. The molecule has 4 amide bonds. The van der Waals surface area contributed by atoms with E-state index in [1.54, 1.807) is 22.2 Å². The number of amides is 4. The number of alkyl carbamates (subject to hydrolysis) is 2. The van der Waals surface area contributed by atoms with Gasteiger partial charge in [0.15, 0.2) is 0 Å². The van der Waals surface area contributed by atoms with Gasteiger partial charge in [-0.05, 0) is 47.9 Å². The van der Waals surface area contributed by atoms with Crippen LogP contribution in [0.15, 0.2) is 60.9 Å². The lowest BCUT2D eigenvalue weighted by molar-refractivity contribution is -0.136. The first-order valence-corrected chi connectivity index (χ1v) is 17.8. The summed E-state index contributed by atoms with van der Waals surface area (Å²) in [5, 5.41) is 5.13. The Morgan fingerprint density at radius 1 is 0.648 bits per heavy atom. The first-order valence-electron chi connectivity index (χ1n) is 17.8. The molecule has 2 aliphatic heterocycles. The van der Waals surface area contributed by atoms with E-state index in [0.717, 1.165) is 59.3 Å². The van der Waals surface area contributed by atoms with Gasteiger partial charge in [0.1, 0.15) is 23.7 Å². The minimum Gasteiger partial charge on any atom is -0.453 e. The SMILES string of the molecule is COC[C@H](NC(=O)OC)C(=O)N1CCC[C@H]1c1ncc(-c2ccc(-c3ccc(-c4cnc([C@@H]5CCCN5C(=O)[C@H](COC)NC(=O)OC)[nH]4)cc3)cc2)[nH]1. The van der Waals surface area contributed by atoms with Gasteiger partial charge >= 0.3 is 12.2 Å².